The fourth-order valence-corrected chi connectivity index (χ4v) is 4.16. The van der Waals surface area contributed by atoms with Gasteiger partial charge in [-0.2, -0.15) is 0 Å². The van der Waals surface area contributed by atoms with E-state index in [-0.39, 0.29) is 6.61 Å². The fourth-order valence-electron chi connectivity index (χ4n) is 4.16. The van der Waals surface area contributed by atoms with E-state index in [4.69, 9.17) is 18.9 Å². The van der Waals surface area contributed by atoms with Gasteiger partial charge >= 0.3 is 0 Å². The van der Waals surface area contributed by atoms with Gasteiger partial charge in [-0.05, 0) is 16.7 Å². The van der Waals surface area contributed by atoms with E-state index in [1.165, 1.54) is 0 Å². The Hall–Kier alpha value is -2.80. The molecule has 5 heteroatoms. The molecule has 1 aliphatic heterocycles. The Balaban J connectivity index is 1.57. The molecule has 3 aromatic carbocycles. The van der Waals surface area contributed by atoms with E-state index in [1.54, 1.807) is 6.08 Å². The van der Waals surface area contributed by atoms with Crippen LogP contribution in [0.5, 0.6) is 0 Å². The molecule has 34 heavy (non-hydrogen) atoms. The Morgan fingerprint density at radius 3 is 1.47 bits per heavy atom. The molecule has 0 spiro atoms. The van der Waals surface area contributed by atoms with Crippen molar-refractivity contribution in [3.8, 4) is 0 Å². The summed E-state index contributed by atoms with van der Waals surface area (Å²) in [4.78, 5) is 0. The minimum absolute atomic E-state index is 0.194. The molecule has 0 saturated carbocycles. The Morgan fingerprint density at radius 1 is 0.647 bits per heavy atom. The van der Waals surface area contributed by atoms with Gasteiger partial charge in [0.1, 0.15) is 30.5 Å². The van der Waals surface area contributed by atoms with Gasteiger partial charge in [-0.3, -0.25) is 0 Å². The summed E-state index contributed by atoms with van der Waals surface area (Å²) in [6, 6.07) is 29.9. The first-order valence-electron chi connectivity index (χ1n) is 11.6. The van der Waals surface area contributed by atoms with Crippen molar-refractivity contribution >= 4 is 0 Å². The molecule has 1 fully saturated rings. The summed E-state index contributed by atoms with van der Waals surface area (Å²) in [7, 11) is 0. The van der Waals surface area contributed by atoms with Crippen LogP contribution in [-0.2, 0) is 38.8 Å². The quantitative estimate of drug-likeness (QED) is 0.421. The van der Waals surface area contributed by atoms with Gasteiger partial charge in [-0.25, -0.2) is 0 Å². The number of aliphatic hydroxyl groups is 1. The normalized spacial score (nSPS) is 24.6. The van der Waals surface area contributed by atoms with Gasteiger partial charge in [-0.15, -0.1) is 6.58 Å². The molecule has 5 nitrogen and oxygen atoms in total. The van der Waals surface area contributed by atoms with E-state index in [0.29, 0.717) is 19.8 Å². The zero-order chi connectivity index (χ0) is 23.6. The fraction of sp³-hybridized carbons (Fsp3) is 0.310. The van der Waals surface area contributed by atoms with Gasteiger partial charge in [-0.1, -0.05) is 97.1 Å². The van der Waals surface area contributed by atoms with Crippen LogP contribution < -0.4 is 0 Å². The Kier molecular flexibility index (Phi) is 9.02. The summed E-state index contributed by atoms with van der Waals surface area (Å²) in [5, 5.41) is 10.1. The maximum atomic E-state index is 10.1. The maximum absolute atomic E-state index is 10.1. The van der Waals surface area contributed by atoms with E-state index in [1.807, 2.05) is 91.0 Å². The van der Waals surface area contributed by atoms with Gasteiger partial charge in [0, 0.05) is 0 Å². The summed E-state index contributed by atoms with van der Waals surface area (Å²) in [6.45, 7) is 4.92. The van der Waals surface area contributed by atoms with Crippen molar-refractivity contribution in [1.82, 2.24) is 0 Å². The van der Waals surface area contributed by atoms with Crippen molar-refractivity contribution in [2.75, 3.05) is 6.61 Å². The first-order valence-corrected chi connectivity index (χ1v) is 11.6. The highest BCUT2D eigenvalue weighted by atomic mass is 16.6. The van der Waals surface area contributed by atoms with E-state index in [9.17, 15) is 5.11 Å². The largest absolute Gasteiger partial charge is 0.394 e. The van der Waals surface area contributed by atoms with Crippen LogP contribution in [0.3, 0.4) is 0 Å². The molecule has 3 aromatic rings. The highest BCUT2D eigenvalue weighted by Crippen LogP contribution is 2.30. The Morgan fingerprint density at radius 2 is 1.06 bits per heavy atom. The molecule has 5 atom stereocenters. The van der Waals surface area contributed by atoms with Crippen LogP contribution in [0.2, 0.25) is 0 Å². The van der Waals surface area contributed by atoms with E-state index >= 15 is 0 Å². The number of hydrogen-bond acceptors (Lipinski definition) is 5. The Bertz CT molecular complexity index is 979. The minimum atomic E-state index is -0.566. The first-order chi connectivity index (χ1) is 16.8. The molecule has 0 radical (unpaired) electrons. The number of aliphatic hydroxyl groups excluding tert-OH is 1. The molecule has 1 N–H and O–H groups in total. The van der Waals surface area contributed by atoms with Crippen LogP contribution in [0, 0.1) is 0 Å². The molecule has 1 saturated heterocycles. The standard InChI is InChI=1S/C29H32O5/c1-2-25-27(31-19-22-12-6-3-7-13-22)29(33-21-24-16-10-5-11-17-24)28(26(18-30)34-25)32-20-23-14-8-4-9-15-23/h2-17,25-30H,1,18-21H2/t25-,26?,27?,28-,29+/m0/s1. The predicted octanol–water partition coefficient (Wildman–Crippen LogP) is 4.69. The lowest BCUT2D eigenvalue weighted by Crippen LogP contribution is -2.60. The summed E-state index contributed by atoms with van der Waals surface area (Å²) < 4.78 is 25.3. The highest BCUT2D eigenvalue weighted by molar-refractivity contribution is 5.16. The van der Waals surface area contributed by atoms with E-state index in [2.05, 4.69) is 6.58 Å². The van der Waals surface area contributed by atoms with E-state index < -0.39 is 30.5 Å². The zero-order valence-corrected chi connectivity index (χ0v) is 19.2. The van der Waals surface area contributed by atoms with Crippen LogP contribution in [0.25, 0.3) is 0 Å². The van der Waals surface area contributed by atoms with Gasteiger partial charge in [0.15, 0.2) is 0 Å². The van der Waals surface area contributed by atoms with Crippen molar-refractivity contribution in [1.29, 1.82) is 0 Å². The second-order valence-electron chi connectivity index (χ2n) is 8.34. The summed E-state index contributed by atoms with van der Waals surface area (Å²) in [5.41, 5.74) is 3.14. The predicted molar refractivity (Wildman–Crippen MR) is 131 cm³/mol. The molecule has 0 amide bonds. The number of hydrogen-bond donors (Lipinski definition) is 1. The third-order valence-corrected chi connectivity index (χ3v) is 5.94. The van der Waals surface area contributed by atoms with Gasteiger partial charge in [0.05, 0.1) is 26.4 Å². The molecule has 2 unspecified atom stereocenters. The van der Waals surface area contributed by atoms with Gasteiger partial charge < -0.3 is 24.1 Å². The lowest BCUT2D eigenvalue weighted by atomic mass is 9.94. The number of ether oxygens (including phenoxy) is 4. The molecule has 4 rings (SSSR count). The molecular formula is C29H32O5. The highest BCUT2D eigenvalue weighted by Gasteiger charge is 2.47. The second kappa shape index (κ2) is 12.6. The van der Waals surface area contributed by atoms with Crippen molar-refractivity contribution in [2.45, 2.75) is 50.3 Å². The lowest BCUT2D eigenvalue weighted by molar-refractivity contribution is -0.260. The second-order valence-corrected chi connectivity index (χ2v) is 8.34. The van der Waals surface area contributed by atoms with Crippen LogP contribution in [0.15, 0.2) is 104 Å². The van der Waals surface area contributed by atoms with Crippen molar-refractivity contribution in [2.24, 2.45) is 0 Å². The SMILES string of the molecule is C=C[C@@H]1OC(CO)[C@H](OCc2ccccc2)[C@H](OCc2ccccc2)C1OCc1ccccc1. The average molecular weight is 461 g/mol. The van der Waals surface area contributed by atoms with Crippen LogP contribution in [-0.4, -0.2) is 42.2 Å². The molecule has 0 bridgehead atoms. The third kappa shape index (κ3) is 6.41. The molecule has 0 aromatic heterocycles. The molecule has 0 aliphatic carbocycles. The minimum Gasteiger partial charge on any atom is -0.394 e. The van der Waals surface area contributed by atoms with Crippen LogP contribution >= 0.6 is 0 Å². The number of benzene rings is 3. The molecule has 1 heterocycles. The molecular weight excluding hydrogens is 428 g/mol. The van der Waals surface area contributed by atoms with Gasteiger partial charge in [0.2, 0.25) is 0 Å². The first kappa shape index (κ1) is 24.3. The van der Waals surface area contributed by atoms with Crippen molar-refractivity contribution in [3.05, 3.63) is 120 Å². The Labute approximate surface area is 201 Å². The summed E-state index contributed by atoms with van der Waals surface area (Å²) >= 11 is 0. The smallest absolute Gasteiger partial charge is 0.116 e. The summed E-state index contributed by atoms with van der Waals surface area (Å²) in [5.74, 6) is 0. The topological polar surface area (TPSA) is 57.2 Å². The zero-order valence-electron chi connectivity index (χ0n) is 19.2. The van der Waals surface area contributed by atoms with Crippen molar-refractivity contribution in [3.63, 3.8) is 0 Å². The lowest BCUT2D eigenvalue weighted by Gasteiger charge is -2.45. The molecule has 1 aliphatic rings. The monoisotopic (exact) mass is 460 g/mol. The average Bonchev–Trinajstić information content (AvgIpc) is 2.91. The maximum Gasteiger partial charge on any atom is 0.116 e. The molecule has 178 valence electrons. The number of rotatable bonds is 11. The van der Waals surface area contributed by atoms with Crippen LogP contribution in [0.1, 0.15) is 16.7 Å². The van der Waals surface area contributed by atoms with Crippen LogP contribution in [0.4, 0.5) is 0 Å². The summed E-state index contributed by atoms with van der Waals surface area (Å²) in [6.07, 6.45) is -0.746. The third-order valence-electron chi connectivity index (χ3n) is 5.94. The van der Waals surface area contributed by atoms with Gasteiger partial charge in [0.25, 0.3) is 0 Å². The van der Waals surface area contributed by atoms with E-state index in [0.717, 1.165) is 16.7 Å². The van der Waals surface area contributed by atoms with Crippen molar-refractivity contribution < 1.29 is 24.1 Å².